The van der Waals surface area contributed by atoms with E-state index in [0.29, 0.717) is 18.3 Å². The second-order valence-electron chi connectivity index (χ2n) is 4.39. The summed E-state index contributed by atoms with van der Waals surface area (Å²) in [6.45, 7) is 0.419. The lowest BCUT2D eigenvalue weighted by Crippen LogP contribution is -2.14. The minimum atomic E-state index is -0.0840. The molecule has 0 radical (unpaired) electrons. The van der Waals surface area contributed by atoms with Crippen molar-refractivity contribution in [1.82, 2.24) is 15.1 Å². The van der Waals surface area contributed by atoms with Crippen LogP contribution in [-0.4, -0.2) is 21.7 Å². The average molecular weight is 266 g/mol. The number of nitrogens with two attached hydrogens (primary N) is 1. The van der Waals surface area contributed by atoms with Crippen molar-refractivity contribution < 1.29 is 4.52 Å². The summed E-state index contributed by atoms with van der Waals surface area (Å²) in [7, 11) is 0. The van der Waals surface area contributed by atoms with Crippen molar-refractivity contribution in [2.45, 2.75) is 5.92 Å². The van der Waals surface area contributed by atoms with Gasteiger partial charge in [0.2, 0.25) is 11.7 Å². The first-order valence-corrected chi connectivity index (χ1v) is 6.37. The van der Waals surface area contributed by atoms with Gasteiger partial charge in [0, 0.05) is 24.5 Å². The van der Waals surface area contributed by atoms with Crippen LogP contribution in [0.25, 0.3) is 11.4 Å². The smallest absolute Gasteiger partial charge is 0.235 e. The van der Waals surface area contributed by atoms with Gasteiger partial charge in [-0.05, 0) is 17.7 Å². The molecule has 0 spiro atoms. The minimum absolute atomic E-state index is 0.0840. The molecule has 0 aliphatic heterocycles. The molecule has 0 aliphatic carbocycles. The lowest BCUT2D eigenvalue weighted by molar-refractivity contribution is 0.367. The summed E-state index contributed by atoms with van der Waals surface area (Å²) in [5.41, 5.74) is 7.79. The van der Waals surface area contributed by atoms with Gasteiger partial charge in [-0.3, -0.25) is 4.98 Å². The zero-order valence-electron chi connectivity index (χ0n) is 10.8. The Hall–Kier alpha value is -2.53. The Morgan fingerprint density at radius 1 is 1.05 bits per heavy atom. The van der Waals surface area contributed by atoms with Crippen LogP contribution < -0.4 is 5.73 Å². The Labute approximate surface area is 116 Å². The summed E-state index contributed by atoms with van der Waals surface area (Å²) in [4.78, 5) is 8.41. The molecule has 0 saturated carbocycles. The summed E-state index contributed by atoms with van der Waals surface area (Å²) in [5.74, 6) is 1.00. The average Bonchev–Trinajstić information content (AvgIpc) is 3.00. The van der Waals surface area contributed by atoms with Crippen LogP contribution in [0.1, 0.15) is 17.4 Å². The molecule has 0 fully saturated rings. The number of aromatic nitrogens is 3. The maximum absolute atomic E-state index is 5.85. The number of hydrogen-bond acceptors (Lipinski definition) is 5. The van der Waals surface area contributed by atoms with Crippen LogP contribution in [0.2, 0.25) is 0 Å². The first-order chi connectivity index (χ1) is 9.88. The molecule has 1 unspecified atom stereocenters. The van der Waals surface area contributed by atoms with E-state index in [-0.39, 0.29) is 5.92 Å². The Morgan fingerprint density at radius 3 is 2.50 bits per heavy atom. The molecule has 3 rings (SSSR count). The molecule has 20 heavy (non-hydrogen) atoms. The summed E-state index contributed by atoms with van der Waals surface area (Å²) < 4.78 is 5.36. The van der Waals surface area contributed by atoms with E-state index in [4.69, 9.17) is 10.3 Å². The van der Waals surface area contributed by atoms with Crippen molar-refractivity contribution >= 4 is 0 Å². The van der Waals surface area contributed by atoms with E-state index in [1.165, 1.54) is 0 Å². The third-order valence-electron chi connectivity index (χ3n) is 3.12. The number of hydrogen-bond donors (Lipinski definition) is 1. The molecule has 0 aliphatic rings. The first kappa shape index (κ1) is 12.5. The van der Waals surface area contributed by atoms with E-state index >= 15 is 0 Å². The topological polar surface area (TPSA) is 77.8 Å². The highest BCUT2D eigenvalue weighted by molar-refractivity contribution is 5.52. The van der Waals surface area contributed by atoms with E-state index in [0.717, 1.165) is 11.1 Å². The molecule has 5 heteroatoms. The molecular weight excluding hydrogens is 252 g/mol. The van der Waals surface area contributed by atoms with Crippen molar-refractivity contribution in [3.8, 4) is 11.4 Å². The fraction of sp³-hybridized carbons (Fsp3) is 0.133. The zero-order chi connectivity index (χ0) is 13.8. The lowest BCUT2D eigenvalue weighted by atomic mass is 9.99. The summed E-state index contributed by atoms with van der Waals surface area (Å²) in [5, 5.41) is 4.01. The number of rotatable bonds is 4. The van der Waals surface area contributed by atoms with Gasteiger partial charge in [-0.1, -0.05) is 35.5 Å². The molecule has 3 aromatic rings. The van der Waals surface area contributed by atoms with E-state index in [1.54, 1.807) is 12.4 Å². The van der Waals surface area contributed by atoms with Gasteiger partial charge in [0.1, 0.15) is 0 Å². The molecule has 1 aromatic carbocycles. The van der Waals surface area contributed by atoms with Crippen LogP contribution in [0.15, 0.2) is 59.4 Å². The molecule has 2 heterocycles. The Morgan fingerprint density at radius 2 is 1.80 bits per heavy atom. The maximum atomic E-state index is 5.85. The first-order valence-electron chi connectivity index (χ1n) is 6.37. The Kier molecular flexibility index (Phi) is 3.52. The van der Waals surface area contributed by atoms with Crippen LogP contribution in [0, 0.1) is 0 Å². The van der Waals surface area contributed by atoms with Gasteiger partial charge in [-0.25, -0.2) is 0 Å². The van der Waals surface area contributed by atoms with Gasteiger partial charge in [0.15, 0.2) is 0 Å². The SMILES string of the molecule is NCC(c1ccccc1)c1nc(-c2ccncc2)no1. The summed E-state index contributed by atoms with van der Waals surface area (Å²) in [6.07, 6.45) is 3.39. The van der Waals surface area contributed by atoms with Crippen molar-refractivity contribution in [1.29, 1.82) is 0 Å². The fourth-order valence-corrected chi connectivity index (χ4v) is 2.06. The number of benzene rings is 1. The van der Waals surface area contributed by atoms with Crippen LogP contribution in [0.5, 0.6) is 0 Å². The quantitative estimate of drug-likeness (QED) is 0.783. The third-order valence-corrected chi connectivity index (χ3v) is 3.12. The van der Waals surface area contributed by atoms with E-state index < -0.39 is 0 Å². The lowest BCUT2D eigenvalue weighted by Gasteiger charge is -2.09. The molecule has 0 bridgehead atoms. The zero-order valence-corrected chi connectivity index (χ0v) is 10.8. The largest absolute Gasteiger partial charge is 0.338 e. The molecular formula is C15H14N4O. The number of pyridine rings is 1. The molecule has 1 atom stereocenters. The second-order valence-corrected chi connectivity index (χ2v) is 4.39. The monoisotopic (exact) mass is 266 g/mol. The predicted octanol–water partition coefficient (Wildman–Crippen LogP) is 2.22. The van der Waals surface area contributed by atoms with Crippen LogP contribution in [0.4, 0.5) is 0 Å². The van der Waals surface area contributed by atoms with Crippen LogP contribution >= 0.6 is 0 Å². The normalized spacial score (nSPS) is 12.2. The molecule has 0 saturated heterocycles. The van der Waals surface area contributed by atoms with E-state index in [9.17, 15) is 0 Å². The molecule has 2 aromatic heterocycles. The van der Waals surface area contributed by atoms with Crippen molar-refractivity contribution in [2.75, 3.05) is 6.54 Å². The highest BCUT2D eigenvalue weighted by atomic mass is 16.5. The van der Waals surface area contributed by atoms with Gasteiger partial charge in [0.05, 0.1) is 5.92 Å². The molecule has 100 valence electrons. The highest BCUT2D eigenvalue weighted by Gasteiger charge is 2.19. The van der Waals surface area contributed by atoms with Crippen molar-refractivity contribution in [2.24, 2.45) is 5.73 Å². The van der Waals surface area contributed by atoms with Crippen molar-refractivity contribution in [3.05, 3.63) is 66.3 Å². The van der Waals surface area contributed by atoms with E-state index in [2.05, 4.69) is 15.1 Å². The minimum Gasteiger partial charge on any atom is -0.338 e. The second kappa shape index (κ2) is 5.63. The number of nitrogens with zero attached hydrogens (tertiary/aromatic N) is 3. The Bertz CT molecular complexity index is 667. The standard InChI is InChI=1S/C15H14N4O/c16-10-13(11-4-2-1-3-5-11)15-18-14(19-20-15)12-6-8-17-9-7-12/h1-9,13H,10,16H2. The van der Waals surface area contributed by atoms with Gasteiger partial charge in [0.25, 0.3) is 0 Å². The molecule has 2 N–H and O–H groups in total. The fourth-order valence-electron chi connectivity index (χ4n) is 2.06. The van der Waals surface area contributed by atoms with Gasteiger partial charge in [-0.15, -0.1) is 0 Å². The Balaban J connectivity index is 1.93. The van der Waals surface area contributed by atoms with E-state index in [1.807, 2.05) is 42.5 Å². The van der Waals surface area contributed by atoms with Crippen LogP contribution in [-0.2, 0) is 0 Å². The van der Waals surface area contributed by atoms with Gasteiger partial charge < -0.3 is 10.3 Å². The molecule has 0 amide bonds. The third kappa shape index (κ3) is 2.44. The summed E-state index contributed by atoms with van der Waals surface area (Å²) >= 11 is 0. The summed E-state index contributed by atoms with van der Waals surface area (Å²) in [6, 6.07) is 13.6. The van der Waals surface area contributed by atoms with Gasteiger partial charge in [-0.2, -0.15) is 4.98 Å². The van der Waals surface area contributed by atoms with Crippen LogP contribution in [0.3, 0.4) is 0 Å². The highest BCUT2D eigenvalue weighted by Crippen LogP contribution is 2.24. The molecule has 5 nitrogen and oxygen atoms in total. The maximum Gasteiger partial charge on any atom is 0.235 e. The van der Waals surface area contributed by atoms with Gasteiger partial charge >= 0.3 is 0 Å². The van der Waals surface area contributed by atoms with Crippen molar-refractivity contribution in [3.63, 3.8) is 0 Å². The predicted molar refractivity (Wildman–Crippen MR) is 74.9 cm³/mol.